The lowest BCUT2D eigenvalue weighted by atomic mass is 10.1. The molecule has 1 heterocycles. The van der Waals surface area contributed by atoms with Gasteiger partial charge in [0.1, 0.15) is 11.5 Å². The Balaban J connectivity index is 1.80. The Morgan fingerprint density at radius 2 is 1.37 bits per heavy atom. The summed E-state index contributed by atoms with van der Waals surface area (Å²) < 4.78 is 1.95. The highest BCUT2D eigenvalue weighted by molar-refractivity contribution is 9.10. The van der Waals surface area contributed by atoms with Crippen molar-refractivity contribution in [2.45, 2.75) is 0 Å². The van der Waals surface area contributed by atoms with Crippen molar-refractivity contribution in [1.82, 2.24) is 0 Å². The zero-order valence-corrected chi connectivity index (χ0v) is 17.3. The first-order chi connectivity index (χ1) is 13.1. The van der Waals surface area contributed by atoms with Crippen molar-refractivity contribution in [2.75, 3.05) is 4.90 Å². The third kappa shape index (κ3) is 3.80. The number of amidine groups is 1. The van der Waals surface area contributed by atoms with E-state index < -0.39 is 0 Å². The molecule has 0 saturated heterocycles. The first kappa shape index (κ1) is 17.9. The van der Waals surface area contributed by atoms with Crippen molar-refractivity contribution >= 4 is 55.4 Å². The molecule has 3 nitrogen and oxygen atoms in total. The predicted octanol–water partition coefficient (Wildman–Crippen LogP) is 6.05. The number of hydrogen-bond donors (Lipinski definition) is 0. The predicted molar refractivity (Wildman–Crippen MR) is 117 cm³/mol. The van der Waals surface area contributed by atoms with Gasteiger partial charge in [-0.05, 0) is 48.0 Å². The molecular weight excluding hydrogens is 468 g/mol. The van der Waals surface area contributed by atoms with Crippen LogP contribution in [-0.4, -0.2) is 11.7 Å². The fourth-order valence-corrected chi connectivity index (χ4v) is 3.37. The van der Waals surface area contributed by atoms with Gasteiger partial charge in [0.2, 0.25) is 0 Å². The zero-order chi connectivity index (χ0) is 18.8. The molecule has 0 bridgehead atoms. The molecule has 0 N–H and O–H groups in total. The molecule has 0 spiro atoms. The minimum absolute atomic E-state index is 0.140. The molecule has 0 saturated carbocycles. The molecule has 0 fully saturated rings. The highest BCUT2D eigenvalue weighted by Gasteiger charge is 2.32. The third-order valence-electron chi connectivity index (χ3n) is 4.15. The lowest BCUT2D eigenvalue weighted by molar-refractivity contribution is -0.113. The number of anilines is 1. The summed E-state index contributed by atoms with van der Waals surface area (Å²) in [7, 11) is 0. The van der Waals surface area contributed by atoms with Gasteiger partial charge in [0, 0.05) is 14.5 Å². The topological polar surface area (TPSA) is 32.7 Å². The summed E-state index contributed by atoms with van der Waals surface area (Å²) in [6.45, 7) is 0. The van der Waals surface area contributed by atoms with Crippen molar-refractivity contribution < 1.29 is 4.79 Å². The number of nitrogens with zero attached hydrogens (tertiary/aromatic N) is 2. The first-order valence-electron chi connectivity index (χ1n) is 8.33. The molecule has 1 aliphatic rings. The Morgan fingerprint density at radius 3 is 2.00 bits per heavy atom. The van der Waals surface area contributed by atoms with Gasteiger partial charge < -0.3 is 0 Å². The Morgan fingerprint density at radius 1 is 0.778 bits per heavy atom. The number of halogens is 2. The molecule has 3 aromatic rings. The molecule has 27 heavy (non-hydrogen) atoms. The second-order valence-electron chi connectivity index (χ2n) is 6.00. The average Bonchev–Trinajstić information content (AvgIpc) is 3.01. The van der Waals surface area contributed by atoms with Crippen LogP contribution in [0.5, 0.6) is 0 Å². The number of hydrogen-bond acceptors (Lipinski definition) is 2. The van der Waals surface area contributed by atoms with E-state index in [9.17, 15) is 4.79 Å². The quantitative estimate of drug-likeness (QED) is 0.419. The summed E-state index contributed by atoms with van der Waals surface area (Å²) >= 11 is 6.87. The number of carbonyl (C=O) groups is 1. The van der Waals surface area contributed by atoms with Gasteiger partial charge >= 0.3 is 0 Å². The molecular formula is C22H14Br2N2O. The van der Waals surface area contributed by atoms with E-state index in [1.54, 1.807) is 4.90 Å². The summed E-state index contributed by atoms with van der Waals surface area (Å²) in [6, 6.07) is 25.2. The van der Waals surface area contributed by atoms with Crippen LogP contribution in [0, 0.1) is 0 Å². The molecule has 0 aliphatic carbocycles. The minimum atomic E-state index is -0.140. The van der Waals surface area contributed by atoms with E-state index in [1.165, 1.54) is 0 Å². The number of aliphatic imine (C=N–C) groups is 1. The maximum absolute atomic E-state index is 13.2. The molecule has 1 amide bonds. The maximum atomic E-state index is 13.2. The van der Waals surface area contributed by atoms with Crippen LogP contribution < -0.4 is 4.90 Å². The van der Waals surface area contributed by atoms with Crippen molar-refractivity contribution in [3.63, 3.8) is 0 Å². The van der Waals surface area contributed by atoms with Crippen LogP contribution >= 0.6 is 31.9 Å². The number of carbonyl (C=O) groups excluding carboxylic acids is 1. The normalized spacial score (nSPS) is 15.3. The van der Waals surface area contributed by atoms with Crippen molar-refractivity contribution in [3.8, 4) is 0 Å². The average molecular weight is 482 g/mol. The van der Waals surface area contributed by atoms with Gasteiger partial charge in [0.15, 0.2) is 0 Å². The van der Waals surface area contributed by atoms with Gasteiger partial charge in [-0.2, -0.15) is 0 Å². The molecule has 5 heteroatoms. The van der Waals surface area contributed by atoms with Gasteiger partial charge in [0.25, 0.3) is 5.91 Å². The van der Waals surface area contributed by atoms with E-state index in [2.05, 4.69) is 36.9 Å². The van der Waals surface area contributed by atoms with E-state index in [4.69, 9.17) is 0 Å². The van der Waals surface area contributed by atoms with E-state index in [-0.39, 0.29) is 5.91 Å². The van der Waals surface area contributed by atoms with Crippen molar-refractivity contribution in [1.29, 1.82) is 0 Å². The van der Waals surface area contributed by atoms with Crippen LogP contribution in [0.15, 0.2) is 98.5 Å². The van der Waals surface area contributed by atoms with Gasteiger partial charge in [0.05, 0.1) is 5.69 Å². The first-order valence-corrected chi connectivity index (χ1v) is 9.92. The molecule has 0 aromatic heterocycles. The fourth-order valence-electron chi connectivity index (χ4n) is 2.84. The Labute approximate surface area is 174 Å². The minimum Gasteiger partial charge on any atom is -0.266 e. The monoisotopic (exact) mass is 480 g/mol. The van der Waals surface area contributed by atoms with Crippen LogP contribution in [0.1, 0.15) is 11.1 Å². The lowest BCUT2D eigenvalue weighted by Gasteiger charge is -2.18. The van der Waals surface area contributed by atoms with E-state index in [1.807, 2.05) is 84.9 Å². The zero-order valence-electron chi connectivity index (χ0n) is 14.1. The highest BCUT2D eigenvalue weighted by atomic mass is 79.9. The third-order valence-corrected chi connectivity index (χ3v) is 5.21. The molecule has 0 radical (unpaired) electrons. The largest absolute Gasteiger partial charge is 0.282 e. The van der Waals surface area contributed by atoms with Gasteiger partial charge in [-0.25, -0.2) is 4.99 Å². The Bertz CT molecular complexity index is 1040. The maximum Gasteiger partial charge on any atom is 0.282 e. The molecule has 0 unspecified atom stereocenters. The summed E-state index contributed by atoms with van der Waals surface area (Å²) in [5, 5.41) is 0. The molecule has 4 rings (SSSR count). The standard InChI is InChI=1S/C22H14Br2N2O/c23-17-8-6-15(7-9-17)14-20-22(27)26(19-12-10-18(24)11-13-19)21(25-20)16-4-2-1-3-5-16/h1-14H/b20-14+. The molecule has 1 aliphatic heterocycles. The molecule has 0 atom stereocenters. The summed E-state index contributed by atoms with van der Waals surface area (Å²) in [4.78, 5) is 19.5. The second-order valence-corrected chi connectivity index (χ2v) is 7.83. The summed E-state index contributed by atoms with van der Waals surface area (Å²) in [6.07, 6.45) is 1.82. The van der Waals surface area contributed by atoms with Crippen LogP contribution in [0.2, 0.25) is 0 Å². The highest BCUT2D eigenvalue weighted by Crippen LogP contribution is 2.29. The summed E-state index contributed by atoms with van der Waals surface area (Å²) in [5.74, 6) is 0.491. The molecule has 132 valence electrons. The van der Waals surface area contributed by atoms with Crippen molar-refractivity contribution in [2.24, 2.45) is 4.99 Å². The van der Waals surface area contributed by atoms with Crippen LogP contribution in [-0.2, 0) is 4.79 Å². The van der Waals surface area contributed by atoms with E-state index in [0.29, 0.717) is 11.5 Å². The van der Waals surface area contributed by atoms with Crippen molar-refractivity contribution in [3.05, 3.63) is 105 Å². The van der Waals surface area contributed by atoms with E-state index in [0.717, 1.165) is 25.8 Å². The smallest absolute Gasteiger partial charge is 0.266 e. The number of amides is 1. The number of rotatable bonds is 3. The fraction of sp³-hybridized carbons (Fsp3) is 0. The second kappa shape index (κ2) is 7.62. The van der Waals surface area contributed by atoms with Crippen LogP contribution in [0.4, 0.5) is 5.69 Å². The van der Waals surface area contributed by atoms with Gasteiger partial charge in [-0.15, -0.1) is 0 Å². The number of benzene rings is 3. The summed E-state index contributed by atoms with van der Waals surface area (Å²) in [5.41, 5.74) is 3.02. The van der Waals surface area contributed by atoms with E-state index >= 15 is 0 Å². The van der Waals surface area contributed by atoms with Crippen LogP contribution in [0.3, 0.4) is 0 Å². The Hall–Kier alpha value is -2.50. The van der Waals surface area contributed by atoms with Crippen LogP contribution in [0.25, 0.3) is 6.08 Å². The lowest BCUT2D eigenvalue weighted by Crippen LogP contribution is -2.32. The SMILES string of the molecule is O=C1/C(=C\c2ccc(Br)cc2)N=C(c2ccccc2)N1c1ccc(Br)cc1. The molecule has 3 aromatic carbocycles. The van der Waals surface area contributed by atoms with Gasteiger partial charge in [-0.3, -0.25) is 9.69 Å². The van der Waals surface area contributed by atoms with Gasteiger partial charge in [-0.1, -0.05) is 74.3 Å². The Kier molecular flexibility index (Phi) is 5.05.